The van der Waals surface area contributed by atoms with Gasteiger partial charge in [0.1, 0.15) is 5.66 Å². The molecule has 1 atom stereocenters. The summed E-state index contributed by atoms with van der Waals surface area (Å²) in [4.78, 5) is 0. The third-order valence-corrected chi connectivity index (χ3v) is 2.50. The highest BCUT2D eigenvalue weighted by Crippen LogP contribution is 2.21. The van der Waals surface area contributed by atoms with Crippen LogP contribution in [-0.2, 0) is 11.1 Å². The molecule has 1 aromatic heterocycles. The molecule has 0 saturated carbocycles. The zero-order valence-corrected chi connectivity index (χ0v) is 9.70. The third-order valence-electron chi connectivity index (χ3n) is 2.50. The number of rotatable bonds is 2. The Morgan fingerprint density at radius 3 is 2.29 bits per heavy atom. The van der Waals surface area contributed by atoms with Gasteiger partial charge in [0, 0.05) is 5.41 Å². The van der Waals surface area contributed by atoms with Crippen molar-refractivity contribution >= 4 is 0 Å². The second kappa shape index (κ2) is 3.35. The van der Waals surface area contributed by atoms with Gasteiger partial charge >= 0.3 is 0 Å². The standard InChI is InChI=1S/C10H20N4/c1-6-10(5,11)14-7-8(12-13-14)9(2,3)4/h7H,6,11H2,1-5H3. The molecule has 1 rings (SSSR count). The van der Waals surface area contributed by atoms with E-state index in [9.17, 15) is 0 Å². The van der Waals surface area contributed by atoms with E-state index in [4.69, 9.17) is 5.73 Å². The monoisotopic (exact) mass is 196 g/mol. The van der Waals surface area contributed by atoms with E-state index in [1.165, 1.54) is 0 Å². The lowest BCUT2D eigenvalue weighted by molar-refractivity contribution is 0.280. The summed E-state index contributed by atoms with van der Waals surface area (Å²) >= 11 is 0. The Hall–Kier alpha value is -0.900. The minimum Gasteiger partial charge on any atom is -0.307 e. The Bertz CT molecular complexity index is 306. The van der Waals surface area contributed by atoms with E-state index < -0.39 is 5.66 Å². The highest BCUT2D eigenvalue weighted by Gasteiger charge is 2.23. The average molecular weight is 196 g/mol. The molecule has 14 heavy (non-hydrogen) atoms. The van der Waals surface area contributed by atoms with Crippen molar-refractivity contribution in [3.05, 3.63) is 11.9 Å². The Labute approximate surface area is 85.5 Å². The summed E-state index contributed by atoms with van der Waals surface area (Å²) in [6, 6.07) is 0. The van der Waals surface area contributed by atoms with Crippen molar-refractivity contribution in [2.24, 2.45) is 5.73 Å². The van der Waals surface area contributed by atoms with Crippen LogP contribution in [0.2, 0.25) is 0 Å². The van der Waals surface area contributed by atoms with Crippen LogP contribution in [0.4, 0.5) is 0 Å². The summed E-state index contributed by atoms with van der Waals surface area (Å²) in [7, 11) is 0. The Morgan fingerprint density at radius 2 is 1.93 bits per heavy atom. The number of hydrogen-bond acceptors (Lipinski definition) is 3. The predicted molar refractivity (Wildman–Crippen MR) is 56.8 cm³/mol. The van der Waals surface area contributed by atoms with E-state index in [0.717, 1.165) is 12.1 Å². The van der Waals surface area contributed by atoms with Crippen molar-refractivity contribution in [1.82, 2.24) is 15.0 Å². The molecule has 0 aliphatic carbocycles. The largest absolute Gasteiger partial charge is 0.307 e. The summed E-state index contributed by atoms with van der Waals surface area (Å²) in [5, 5.41) is 8.20. The lowest BCUT2D eigenvalue weighted by atomic mass is 9.93. The van der Waals surface area contributed by atoms with Crippen LogP contribution in [0, 0.1) is 0 Å². The van der Waals surface area contributed by atoms with E-state index in [0.29, 0.717) is 0 Å². The second-order valence-corrected chi connectivity index (χ2v) is 5.01. The molecular formula is C10H20N4. The maximum atomic E-state index is 6.05. The Kier molecular flexibility index (Phi) is 2.67. The van der Waals surface area contributed by atoms with Crippen LogP contribution in [0.15, 0.2) is 6.20 Å². The first-order valence-electron chi connectivity index (χ1n) is 4.99. The van der Waals surface area contributed by atoms with E-state index >= 15 is 0 Å². The summed E-state index contributed by atoms with van der Waals surface area (Å²) in [5.41, 5.74) is 6.62. The van der Waals surface area contributed by atoms with Crippen molar-refractivity contribution in [1.29, 1.82) is 0 Å². The van der Waals surface area contributed by atoms with Gasteiger partial charge in [-0.2, -0.15) is 0 Å². The zero-order chi connectivity index (χ0) is 11.0. The van der Waals surface area contributed by atoms with E-state index in [1.54, 1.807) is 4.68 Å². The molecular weight excluding hydrogens is 176 g/mol. The summed E-state index contributed by atoms with van der Waals surface area (Å²) in [6.07, 6.45) is 2.77. The topological polar surface area (TPSA) is 56.7 Å². The lowest BCUT2D eigenvalue weighted by Crippen LogP contribution is -2.39. The Morgan fingerprint density at radius 1 is 1.36 bits per heavy atom. The number of nitrogens with two attached hydrogens (primary N) is 1. The molecule has 0 aliphatic heterocycles. The highest BCUT2D eigenvalue weighted by atomic mass is 15.5. The fraction of sp³-hybridized carbons (Fsp3) is 0.800. The average Bonchev–Trinajstić information content (AvgIpc) is 2.51. The van der Waals surface area contributed by atoms with Gasteiger partial charge in [0.15, 0.2) is 0 Å². The van der Waals surface area contributed by atoms with Crippen LogP contribution >= 0.6 is 0 Å². The maximum absolute atomic E-state index is 6.05. The zero-order valence-electron chi connectivity index (χ0n) is 9.70. The first-order valence-corrected chi connectivity index (χ1v) is 4.99. The first kappa shape index (κ1) is 11.2. The molecule has 1 aromatic rings. The number of aromatic nitrogens is 3. The van der Waals surface area contributed by atoms with E-state index in [-0.39, 0.29) is 5.41 Å². The predicted octanol–water partition coefficient (Wildman–Crippen LogP) is 1.62. The fourth-order valence-corrected chi connectivity index (χ4v) is 1.02. The van der Waals surface area contributed by atoms with Crippen molar-refractivity contribution in [2.75, 3.05) is 0 Å². The van der Waals surface area contributed by atoms with Gasteiger partial charge in [-0.3, -0.25) is 0 Å². The van der Waals surface area contributed by atoms with Gasteiger partial charge in [0.25, 0.3) is 0 Å². The smallest absolute Gasteiger partial charge is 0.108 e. The van der Waals surface area contributed by atoms with Gasteiger partial charge in [-0.05, 0) is 13.3 Å². The van der Waals surface area contributed by atoms with Gasteiger partial charge in [-0.1, -0.05) is 32.9 Å². The molecule has 0 aromatic carbocycles. The Balaban J connectivity index is 3.00. The minimum absolute atomic E-state index is 0.0298. The first-order chi connectivity index (χ1) is 6.27. The van der Waals surface area contributed by atoms with E-state index in [1.807, 2.05) is 20.0 Å². The molecule has 0 spiro atoms. The van der Waals surface area contributed by atoms with Crippen LogP contribution in [0.25, 0.3) is 0 Å². The normalized spacial score (nSPS) is 16.7. The molecule has 0 fully saturated rings. The van der Waals surface area contributed by atoms with Gasteiger partial charge < -0.3 is 5.73 Å². The van der Waals surface area contributed by atoms with Crippen LogP contribution in [0.3, 0.4) is 0 Å². The quantitative estimate of drug-likeness (QED) is 0.782. The summed E-state index contributed by atoms with van der Waals surface area (Å²) in [5.74, 6) is 0. The van der Waals surface area contributed by atoms with Crippen LogP contribution in [0.1, 0.15) is 46.7 Å². The van der Waals surface area contributed by atoms with E-state index in [2.05, 4.69) is 31.1 Å². The van der Waals surface area contributed by atoms with Gasteiger partial charge in [-0.25, -0.2) is 4.68 Å². The molecule has 0 bridgehead atoms. The van der Waals surface area contributed by atoms with Crippen molar-refractivity contribution < 1.29 is 0 Å². The molecule has 0 aliphatic rings. The SMILES string of the molecule is CCC(C)(N)n1cc(C(C)(C)C)nn1. The molecule has 1 unspecified atom stereocenters. The molecule has 4 heteroatoms. The van der Waals surface area contributed by atoms with Crippen molar-refractivity contribution in [3.63, 3.8) is 0 Å². The number of nitrogens with zero attached hydrogens (tertiary/aromatic N) is 3. The van der Waals surface area contributed by atoms with Gasteiger partial charge in [0.05, 0.1) is 11.9 Å². The summed E-state index contributed by atoms with van der Waals surface area (Å²) in [6.45, 7) is 10.3. The fourth-order valence-electron chi connectivity index (χ4n) is 1.02. The molecule has 0 radical (unpaired) electrons. The molecule has 1 heterocycles. The van der Waals surface area contributed by atoms with Gasteiger partial charge in [0.2, 0.25) is 0 Å². The van der Waals surface area contributed by atoms with Crippen LogP contribution in [-0.4, -0.2) is 15.0 Å². The molecule has 0 saturated heterocycles. The van der Waals surface area contributed by atoms with Gasteiger partial charge in [-0.15, -0.1) is 5.10 Å². The van der Waals surface area contributed by atoms with Crippen molar-refractivity contribution in [3.8, 4) is 0 Å². The van der Waals surface area contributed by atoms with Crippen LogP contribution < -0.4 is 5.73 Å². The maximum Gasteiger partial charge on any atom is 0.108 e. The molecule has 4 nitrogen and oxygen atoms in total. The summed E-state index contributed by atoms with van der Waals surface area (Å²) < 4.78 is 1.74. The molecule has 80 valence electrons. The molecule has 2 N–H and O–H groups in total. The third kappa shape index (κ3) is 2.12. The van der Waals surface area contributed by atoms with Crippen molar-refractivity contribution in [2.45, 2.75) is 52.1 Å². The molecule has 0 amide bonds. The lowest BCUT2D eigenvalue weighted by Gasteiger charge is -2.22. The number of hydrogen-bond donors (Lipinski definition) is 1. The second-order valence-electron chi connectivity index (χ2n) is 5.01. The van der Waals surface area contributed by atoms with Crippen LogP contribution in [0.5, 0.6) is 0 Å². The minimum atomic E-state index is -0.434. The highest BCUT2D eigenvalue weighted by molar-refractivity contribution is 5.07.